The Balaban J connectivity index is 2.54. The lowest BCUT2D eigenvalue weighted by atomic mass is 9.91. The van der Waals surface area contributed by atoms with Crippen molar-refractivity contribution in [2.24, 2.45) is 5.41 Å². The van der Waals surface area contributed by atoms with Gasteiger partial charge in [-0.1, -0.05) is 32.9 Å². The Bertz CT molecular complexity index is 464. The van der Waals surface area contributed by atoms with Crippen LogP contribution in [0.2, 0.25) is 0 Å². The summed E-state index contributed by atoms with van der Waals surface area (Å²) in [5.74, 6) is 0.544. The number of para-hydroxylation sites is 2. The van der Waals surface area contributed by atoms with Crippen LogP contribution in [-0.2, 0) is 4.79 Å². The molecule has 1 rings (SSSR count). The molecule has 2 N–H and O–H groups in total. The molecule has 5 heteroatoms. The summed E-state index contributed by atoms with van der Waals surface area (Å²) in [5, 5.41) is 5.17. The Morgan fingerprint density at radius 2 is 1.84 bits per heavy atom. The van der Waals surface area contributed by atoms with Crippen molar-refractivity contribution in [3.05, 3.63) is 24.3 Å². The van der Waals surface area contributed by atoms with Crippen LogP contribution in [0.4, 0.5) is 10.5 Å². The molecule has 0 fully saturated rings. The molecule has 0 aliphatic heterocycles. The highest BCUT2D eigenvalue weighted by molar-refractivity contribution is 5.94. The van der Waals surface area contributed by atoms with Crippen LogP contribution in [0.5, 0.6) is 5.75 Å². The fraction of sp³-hybridized carbons (Fsp3) is 0.429. The van der Waals surface area contributed by atoms with Crippen LogP contribution in [0.15, 0.2) is 24.3 Å². The average molecular weight is 264 g/mol. The summed E-state index contributed by atoms with van der Waals surface area (Å²) in [6, 6.07) is 6.64. The summed E-state index contributed by atoms with van der Waals surface area (Å²) in [5.41, 5.74) is 0.100. The summed E-state index contributed by atoms with van der Waals surface area (Å²) in [6.07, 6.45) is 0. The fourth-order valence-electron chi connectivity index (χ4n) is 1.34. The molecule has 0 bridgehead atoms. The third kappa shape index (κ3) is 4.62. The predicted molar refractivity (Wildman–Crippen MR) is 74.5 cm³/mol. The van der Waals surface area contributed by atoms with Crippen LogP contribution in [0.25, 0.3) is 0 Å². The van der Waals surface area contributed by atoms with Crippen molar-refractivity contribution in [1.29, 1.82) is 0 Å². The maximum Gasteiger partial charge on any atom is 0.319 e. The highest BCUT2D eigenvalue weighted by atomic mass is 16.5. The number of hydrogen-bond donors (Lipinski definition) is 2. The molecule has 0 aliphatic rings. The third-order valence-corrected chi connectivity index (χ3v) is 2.60. The number of ether oxygens (including phenoxy) is 1. The number of benzene rings is 1. The minimum absolute atomic E-state index is 0.00445. The van der Waals surface area contributed by atoms with E-state index >= 15 is 0 Å². The van der Waals surface area contributed by atoms with E-state index in [0.717, 1.165) is 0 Å². The molecule has 0 saturated heterocycles. The maximum absolute atomic E-state index is 11.7. The topological polar surface area (TPSA) is 67.4 Å². The van der Waals surface area contributed by atoms with Gasteiger partial charge in [0, 0.05) is 5.41 Å². The fourth-order valence-corrected chi connectivity index (χ4v) is 1.34. The van der Waals surface area contributed by atoms with E-state index in [0.29, 0.717) is 11.4 Å². The van der Waals surface area contributed by atoms with Crippen LogP contribution in [0, 0.1) is 5.41 Å². The molecule has 1 aromatic rings. The molecule has 5 nitrogen and oxygen atoms in total. The van der Waals surface area contributed by atoms with Crippen LogP contribution in [0.1, 0.15) is 20.8 Å². The third-order valence-electron chi connectivity index (χ3n) is 2.60. The van der Waals surface area contributed by atoms with E-state index in [2.05, 4.69) is 10.6 Å². The summed E-state index contributed by atoms with van der Waals surface area (Å²) >= 11 is 0. The average Bonchev–Trinajstić information content (AvgIpc) is 2.35. The van der Waals surface area contributed by atoms with Crippen molar-refractivity contribution in [2.75, 3.05) is 19.0 Å². The smallest absolute Gasteiger partial charge is 0.319 e. The zero-order chi connectivity index (χ0) is 14.5. The minimum atomic E-state index is -0.461. The first-order valence-corrected chi connectivity index (χ1v) is 6.06. The SMILES string of the molecule is COc1ccccc1NC(=O)NCC(=O)C(C)(C)C. The van der Waals surface area contributed by atoms with Crippen molar-refractivity contribution in [3.63, 3.8) is 0 Å². The van der Waals surface area contributed by atoms with Gasteiger partial charge < -0.3 is 15.4 Å². The lowest BCUT2D eigenvalue weighted by molar-refractivity contribution is -0.125. The number of urea groups is 1. The molecular formula is C14H20N2O3. The number of carbonyl (C=O) groups excluding carboxylic acids is 2. The van der Waals surface area contributed by atoms with Gasteiger partial charge in [0.05, 0.1) is 19.3 Å². The second kappa shape index (κ2) is 6.22. The summed E-state index contributed by atoms with van der Waals surface area (Å²) in [7, 11) is 1.53. The van der Waals surface area contributed by atoms with Gasteiger partial charge >= 0.3 is 6.03 Å². The molecule has 0 spiro atoms. The molecule has 1 aromatic carbocycles. The molecule has 104 valence electrons. The number of amides is 2. The molecule has 0 radical (unpaired) electrons. The van der Waals surface area contributed by atoms with E-state index in [4.69, 9.17) is 4.74 Å². The Kier molecular flexibility index (Phi) is 4.92. The molecule has 0 atom stereocenters. The van der Waals surface area contributed by atoms with Crippen molar-refractivity contribution in [3.8, 4) is 5.75 Å². The van der Waals surface area contributed by atoms with E-state index in [1.807, 2.05) is 26.8 Å². The second-order valence-electron chi connectivity index (χ2n) is 5.18. The van der Waals surface area contributed by atoms with Gasteiger partial charge in [-0.05, 0) is 12.1 Å². The number of rotatable bonds is 4. The Morgan fingerprint density at radius 3 is 2.42 bits per heavy atom. The van der Waals surface area contributed by atoms with Gasteiger partial charge in [-0.2, -0.15) is 0 Å². The van der Waals surface area contributed by atoms with Gasteiger partial charge in [0.25, 0.3) is 0 Å². The number of ketones is 1. The molecule has 2 amide bonds. The first-order chi connectivity index (χ1) is 8.84. The lowest BCUT2D eigenvalue weighted by Gasteiger charge is -2.17. The quantitative estimate of drug-likeness (QED) is 0.877. The second-order valence-corrected chi connectivity index (χ2v) is 5.18. The van der Waals surface area contributed by atoms with Gasteiger partial charge in [0.2, 0.25) is 0 Å². The largest absolute Gasteiger partial charge is 0.495 e. The minimum Gasteiger partial charge on any atom is -0.495 e. The first kappa shape index (κ1) is 15.0. The molecule has 0 heterocycles. The van der Waals surface area contributed by atoms with E-state index in [1.54, 1.807) is 18.2 Å². The highest BCUT2D eigenvalue weighted by Crippen LogP contribution is 2.22. The molecule has 0 unspecified atom stereocenters. The number of anilines is 1. The summed E-state index contributed by atoms with van der Waals surface area (Å²) in [4.78, 5) is 23.4. The van der Waals surface area contributed by atoms with Gasteiger partial charge in [0.1, 0.15) is 5.75 Å². The van der Waals surface area contributed by atoms with Crippen molar-refractivity contribution in [1.82, 2.24) is 5.32 Å². The van der Waals surface area contributed by atoms with Gasteiger partial charge in [-0.25, -0.2) is 4.79 Å². The van der Waals surface area contributed by atoms with Crippen molar-refractivity contribution in [2.45, 2.75) is 20.8 Å². The van der Waals surface area contributed by atoms with Gasteiger partial charge in [0.15, 0.2) is 5.78 Å². The lowest BCUT2D eigenvalue weighted by Crippen LogP contribution is -2.37. The highest BCUT2D eigenvalue weighted by Gasteiger charge is 2.21. The Labute approximate surface area is 113 Å². The number of carbonyl (C=O) groups is 2. The Morgan fingerprint density at radius 1 is 1.21 bits per heavy atom. The van der Waals surface area contributed by atoms with Crippen molar-refractivity contribution < 1.29 is 14.3 Å². The number of Topliss-reactive ketones (excluding diaryl/α,β-unsaturated/α-hetero) is 1. The molecule has 0 aliphatic carbocycles. The zero-order valence-corrected chi connectivity index (χ0v) is 11.7. The van der Waals surface area contributed by atoms with Gasteiger partial charge in [-0.15, -0.1) is 0 Å². The van der Waals surface area contributed by atoms with E-state index < -0.39 is 11.4 Å². The molecular weight excluding hydrogens is 244 g/mol. The number of methoxy groups -OCH3 is 1. The molecule has 0 saturated carbocycles. The summed E-state index contributed by atoms with van der Waals surface area (Å²) < 4.78 is 5.12. The molecule has 19 heavy (non-hydrogen) atoms. The first-order valence-electron chi connectivity index (χ1n) is 6.06. The van der Waals surface area contributed by atoms with Crippen LogP contribution in [-0.4, -0.2) is 25.5 Å². The monoisotopic (exact) mass is 264 g/mol. The zero-order valence-electron chi connectivity index (χ0n) is 11.7. The molecule has 0 aromatic heterocycles. The Hall–Kier alpha value is -2.04. The van der Waals surface area contributed by atoms with Gasteiger partial charge in [-0.3, -0.25) is 4.79 Å². The van der Waals surface area contributed by atoms with E-state index in [1.165, 1.54) is 7.11 Å². The van der Waals surface area contributed by atoms with E-state index in [9.17, 15) is 9.59 Å². The number of hydrogen-bond acceptors (Lipinski definition) is 3. The standard InChI is InChI=1S/C14H20N2O3/c1-14(2,3)12(17)9-15-13(18)16-10-7-5-6-8-11(10)19-4/h5-8H,9H2,1-4H3,(H2,15,16,18). The van der Waals surface area contributed by atoms with Crippen molar-refractivity contribution >= 4 is 17.5 Å². The maximum atomic E-state index is 11.7. The normalized spacial score (nSPS) is 10.7. The predicted octanol–water partition coefficient (Wildman–Crippen LogP) is 2.43. The summed E-state index contributed by atoms with van der Waals surface area (Å²) in [6.45, 7) is 5.45. The number of nitrogens with one attached hydrogen (secondary N) is 2. The van der Waals surface area contributed by atoms with E-state index in [-0.39, 0.29) is 12.3 Å². The van der Waals surface area contributed by atoms with Crippen LogP contribution >= 0.6 is 0 Å². The van der Waals surface area contributed by atoms with Crippen LogP contribution < -0.4 is 15.4 Å². The van der Waals surface area contributed by atoms with Crippen LogP contribution in [0.3, 0.4) is 0 Å².